The number of rotatable bonds is 4. The standard InChI is InChI=1S/C22H20F3N3O4/c1-21(2)19(29)28(15-7-9-16(10-8-15)32-22(23,24)25)20(30)26(21)13-14-11-12-27(31)18-6-4-3-5-17(14)18/h3-11,31H,12-13H2,1-2H3. The van der Waals surface area contributed by atoms with E-state index in [4.69, 9.17) is 0 Å². The van der Waals surface area contributed by atoms with E-state index >= 15 is 0 Å². The van der Waals surface area contributed by atoms with Crippen LogP contribution in [0.5, 0.6) is 5.75 Å². The van der Waals surface area contributed by atoms with Crippen molar-refractivity contribution in [2.75, 3.05) is 23.1 Å². The zero-order valence-corrected chi connectivity index (χ0v) is 17.3. The topological polar surface area (TPSA) is 73.3 Å². The highest BCUT2D eigenvalue weighted by molar-refractivity contribution is 6.23. The number of hydroxylamine groups is 1. The lowest BCUT2D eigenvalue weighted by molar-refractivity contribution is -0.274. The number of hydrogen-bond acceptors (Lipinski definition) is 5. The number of alkyl halides is 3. The number of halogens is 3. The molecule has 2 aromatic carbocycles. The summed E-state index contributed by atoms with van der Waals surface area (Å²) in [7, 11) is 0. The summed E-state index contributed by atoms with van der Waals surface area (Å²) >= 11 is 0. The van der Waals surface area contributed by atoms with Gasteiger partial charge < -0.3 is 9.64 Å². The minimum Gasteiger partial charge on any atom is -0.406 e. The third-order valence-electron chi connectivity index (χ3n) is 5.52. The second-order valence-electron chi connectivity index (χ2n) is 7.94. The van der Waals surface area contributed by atoms with E-state index in [9.17, 15) is 28.0 Å². The number of fused-ring (bicyclic) bond motifs is 1. The summed E-state index contributed by atoms with van der Waals surface area (Å²) in [4.78, 5) is 28.7. The molecule has 0 unspecified atom stereocenters. The molecular formula is C22H20F3N3O4. The van der Waals surface area contributed by atoms with Gasteiger partial charge in [0, 0.05) is 12.1 Å². The molecule has 2 aliphatic heterocycles. The van der Waals surface area contributed by atoms with Crippen molar-refractivity contribution in [2.24, 2.45) is 0 Å². The Kier molecular flexibility index (Phi) is 5.12. The summed E-state index contributed by atoms with van der Waals surface area (Å²) in [6.07, 6.45) is -3.06. The summed E-state index contributed by atoms with van der Waals surface area (Å²) in [5, 5.41) is 11.2. The summed E-state index contributed by atoms with van der Waals surface area (Å²) in [5.74, 6) is -0.950. The van der Waals surface area contributed by atoms with Gasteiger partial charge in [-0.05, 0) is 49.8 Å². The second kappa shape index (κ2) is 7.56. The molecule has 1 fully saturated rings. The van der Waals surface area contributed by atoms with Crippen molar-refractivity contribution in [1.29, 1.82) is 0 Å². The first-order chi connectivity index (χ1) is 15.0. The maximum Gasteiger partial charge on any atom is 0.573 e. The molecule has 2 aromatic rings. The van der Waals surface area contributed by atoms with E-state index in [-0.39, 0.29) is 18.8 Å². The molecule has 0 bridgehead atoms. The van der Waals surface area contributed by atoms with Gasteiger partial charge in [-0.15, -0.1) is 13.2 Å². The molecule has 168 valence electrons. The van der Waals surface area contributed by atoms with E-state index in [0.29, 0.717) is 5.69 Å². The van der Waals surface area contributed by atoms with E-state index in [1.807, 2.05) is 12.1 Å². The van der Waals surface area contributed by atoms with Gasteiger partial charge in [0.05, 0.1) is 17.9 Å². The van der Waals surface area contributed by atoms with Crippen LogP contribution in [0.2, 0.25) is 0 Å². The van der Waals surface area contributed by atoms with E-state index in [2.05, 4.69) is 4.74 Å². The summed E-state index contributed by atoms with van der Waals surface area (Å²) < 4.78 is 41.0. The van der Waals surface area contributed by atoms with E-state index in [1.165, 1.54) is 17.0 Å². The van der Waals surface area contributed by atoms with Gasteiger partial charge in [-0.2, -0.15) is 0 Å². The molecule has 4 rings (SSSR count). The third kappa shape index (κ3) is 3.77. The van der Waals surface area contributed by atoms with E-state index in [0.717, 1.165) is 33.2 Å². The number of para-hydroxylation sites is 1. The number of carbonyl (C=O) groups is 2. The molecule has 10 heteroatoms. The summed E-state index contributed by atoms with van der Waals surface area (Å²) in [6, 6.07) is 11.1. The fraction of sp³-hybridized carbons (Fsp3) is 0.273. The SMILES string of the molecule is CC1(C)C(=O)N(c2ccc(OC(F)(F)F)cc2)C(=O)N1CC1=CCN(O)c2ccccc21. The van der Waals surface area contributed by atoms with Crippen LogP contribution in [0.3, 0.4) is 0 Å². The van der Waals surface area contributed by atoms with Crippen molar-refractivity contribution in [1.82, 2.24) is 4.90 Å². The Morgan fingerprint density at radius 1 is 1.06 bits per heavy atom. The van der Waals surface area contributed by atoms with Gasteiger partial charge in [0.2, 0.25) is 0 Å². The Hall–Kier alpha value is -3.53. The van der Waals surface area contributed by atoms with Crippen molar-refractivity contribution in [2.45, 2.75) is 25.7 Å². The summed E-state index contributed by atoms with van der Waals surface area (Å²) in [6.45, 7) is 3.57. The molecule has 0 radical (unpaired) electrons. The number of imide groups is 1. The predicted octanol–water partition coefficient (Wildman–Crippen LogP) is 4.43. The van der Waals surface area contributed by atoms with Crippen LogP contribution in [0.25, 0.3) is 5.57 Å². The fourth-order valence-corrected chi connectivity index (χ4v) is 3.82. The van der Waals surface area contributed by atoms with Crippen LogP contribution >= 0.6 is 0 Å². The monoisotopic (exact) mass is 447 g/mol. The Morgan fingerprint density at radius 2 is 1.72 bits per heavy atom. The van der Waals surface area contributed by atoms with E-state index in [1.54, 1.807) is 32.1 Å². The number of urea groups is 1. The molecule has 2 heterocycles. The molecule has 0 aliphatic carbocycles. The number of ether oxygens (including phenoxy) is 1. The molecular weight excluding hydrogens is 427 g/mol. The van der Waals surface area contributed by atoms with Crippen molar-refractivity contribution in [3.63, 3.8) is 0 Å². The van der Waals surface area contributed by atoms with Crippen LogP contribution < -0.4 is 14.7 Å². The first-order valence-electron chi connectivity index (χ1n) is 9.76. The molecule has 0 atom stereocenters. The second-order valence-corrected chi connectivity index (χ2v) is 7.94. The maximum absolute atomic E-state index is 13.2. The molecule has 0 saturated carbocycles. The van der Waals surface area contributed by atoms with Gasteiger partial charge in [-0.1, -0.05) is 24.3 Å². The number of carbonyl (C=O) groups excluding carboxylic acids is 2. The smallest absolute Gasteiger partial charge is 0.406 e. The first kappa shape index (κ1) is 21.7. The highest BCUT2D eigenvalue weighted by atomic mass is 19.4. The Bertz CT molecular complexity index is 1100. The lowest BCUT2D eigenvalue weighted by Crippen LogP contribution is -2.45. The minimum absolute atomic E-state index is 0.119. The highest BCUT2D eigenvalue weighted by Gasteiger charge is 2.52. The van der Waals surface area contributed by atoms with Crippen LogP contribution in [0, 0.1) is 0 Å². The third-order valence-corrected chi connectivity index (χ3v) is 5.52. The number of nitrogens with zero attached hydrogens (tertiary/aromatic N) is 3. The summed E-state index contributed by atoms with van der Waals surface area (Å²) in [5.41, 5.74) is 1.06. The molecule has 0 aromatic heterocycles. The van der Waals surface area contributed by atoms with Crippen molar-refractivity contribution in [3.05, 3.63) is 60.2 Å². The molecule has 3 amide bonds. The van der Waals surface area contributed by atoms with Gasteiger partial charge in [0.1, 0.15) is 11.3 Å². The van der Waals surface area contributed by atoms with Crippen LogP contribution in [0.1, 0.15) is 19.4 Å². The molecule has 7 nitrogen and oxygen atoms in total. The normalized spacial score (nSPS) is 18.1. The Balaban J connectivity index is 1.61. The number of benzene rings is 2. The Labute approximate surface area is 181 Å². The first-order valence-corrected chi connectivity index (χ1v) is 9.76. The van der Waals surface area contributed by atoms with Crippen molar-refractivity contribution < 1.29 is 32.7 Å². The quantitative estimate of drug-likeness (QED) is 0.703. The average Bonchev–Trinajstić information content (AvgIpc) is 2.89. The zero-order chi connectivity index (χ0) is 23.3. The number of hydrogen-bond donors (Lipinski definition) is 1. The lowest BCUT2D eigenvalue weighted by atomic mass is 9.97. The van der Waals surface area contributed by atoms with Crippen LogP contribution in [-0.2, 0) is 4.79 Å². The number of anilines is 2. The van der Waals surface area contributed by atoms with Gasteiger partial charge in [0.25, 0.3) is 5.91 Å². The van der Waals surface area contributed by atoms with E-state index < -0.39 is 29.6 Å². The van der Waals surface area contributed by atoms with Crippen LogP contribution in [0.4, 0.5) is 29.3 Å². The predicted molar refractivity (Wildman–Crippen MR) is 110 cm³/mol. The highest BCUT2D eigenvalue weighted by Crippen LogP contribution is 2.37. The van der Waals surface area contributed by atoms with Gasteiger partial charge in [-0.3, -0.25) is 15.1 Å². The fourth-order valence-electron chi connectivity index (χ4n) is 3.82. The van der Waals surface area contributed by atoms with Crippen LogP contribution in [0.15, 0.2) is 54.6 Å². The van der Waals surface area contributed by atoms with Gasteiger partial charge in [0.15, 0.2) is 0 Å². The molecule has 1 N–H and O–H groups in total. The van der Waals surface area contributed by atoms with Gasteiger partial charge in [-0.25, -0.2) is 9.69 Å². The minimum atomic E-state index is -4.84. The maximum atomic E-state index is 13.2. The van der Waals surface area contributed by atoms with Crippen LogP contribution in [-0.4, -0.2) is 47.0 Å². The lowest BCUT2D eigenvalue weighted by Gasteiger charge is -2.32. The average molecular weight is 447 g/mol. The molecule has 0 spiro atoms. The van der Waals surface area contributed by atoms with Gasteiger partial charge >= 0.3 is 12.4 Å². The molecule has 1 saturated heterocycles. The number of amides is 3. The van der Waals surface area contributed by atoms with Crippen molar-refractivity contribution in [3.8, 4) is 5.75 Å². The Morgan fingerprint density at radius 3 is 2.38 bits per heavy atom. The molecule has 2 aliphatic rings. The largest absolute Gasteiger partial charge is 0.573 e. The zero-order valence-electron chi connectivity index (χ0n) is 17.3. The molecule has 32 heavy (non-hydrogen) atoms. The van der Waals surface area contributed by atoms with Crippen molar-refractivity contribution >= 4 is 28.9 Å².